The van der Waals surface area contributed by atoms with E-state index in [1.54, 1.807) is 6.07 Å². The number of nitrogens with two attached hydrogens (primary N) is 1. The molecule has 1 amide bonds. The molecule has 0 saturated heterocycles. The third kappa shape index (κ3) is 5.09. The van der Waals surface area contributed by atoms with E-state index in [2.05, 4.69) is 29.5 Å². The number of rotatable bonds is 9. The minimum Gasteiger partial charge on any atom is -0.411 e. The number of nitrogens with one attached hydrogen (secondary N) is 1. The number of carbonyl (C=O) groups excluding carboxylic acids is 1. The molecule has 3 N–H and O–H groups in total. The Labute approximate surface area is 188 Å². The summed E-state index contributed by atoms with van der Waals surface area (Å²) in [5.41, 5.74) is 2.81. The van der Waals surface area contributed by atoms with Gasteiger partial charge in [-0.3, -0.25) is 4.79 Å². The number of likely N-dealkylation sites (N-methyl/N-ethyl adjacent to an activating group) is 1. The van der Waals surface area contributed by atoms with Crippen molar-refractivity contribution in [3.05, 3.63) is 76.3 Å². The second kappa shape index (κ2) is 9.98. The van der Waals surface area contributed by atoms with Gasteiger partial charge in [0.1, 0.15) is 7.11 Å². The molecule has 1 aliphatic carbocycles. The first-order valence-electron chi connectivity index (χ1n) is 10.3. The first-order chi connectivity index (χ1) is 14.9. The lowest BCUT2D eigenvalue weighted by atomic mass is 9.94. The van der Waals surface area contributed by atoms with Crippen LogP contribution in [0.4, 0.5) is 0 Å². The summed E-state index contributed by atoms with van der Waals surface area (Å²) in [7, 11) is 1.41. The van der Waals surface area contributed by atoms with Gasteiger partial charge in [-0.2, -0.15) is 5.90 Å². The lowest BCUT2D eigenvalue weighted by Crippen LogP contribution is -2.32. The number of allylic oxidation sites excluding steroid dienone is 1. The van der Waals surface area contributed by atoms with Gasteiger partial charge in [-0.05, 0) is 54.9 Å². The van der Waals surface area contributed by atoms with Gasteiger partial charge in [-0.25, -0.2) is 0 Å². The van der Waals surface area contributed by atoms with E-state index >= 15 is 0 Å². The number of hydrogen-bond donors (Lipinski definition) is 2. The maximum Gasteiger partial charge on any atom is 0.273 e. The summed E-state index contributed by atoms with van der Waals surface area (Å²) < 4.78 is 0. The van der Waals surface area contributed by atoms with Crippen LogP contribution >= 0.6 is 11.6 Å². The number of halogens is 1. The molecule has 0 bridgehead atoms. The highest BCUT2D eigenvalue weighted by molar-refractivity contribution is 6.45. The zero-order valence-corrected chi connectivity index (χ0v) is 18.8. The molecule has 6 nitrogen and oxygen atoms in total. The average molecular weight is 442 g/mol. The van der Waals surface area contributed by atoms with E-state index in [1.807, 2.05) is 43.3 Å². The Morgan fingerprint density at radius 1 is 1.26 bits per heavy atom. The van der Waals surface area contributed by atoms with Crippen molar-refractivity contribution in [3.8, 4) is 0 Å². The summed E-state index contributed by atoms with van der Waals surface area (Å²) in [5.74, 6) is 6.26. The smallest absolute Gasteiger partial charge is 0.273 e. The number of oxime groups is 1. The van der Waals surface area contributed by atoms with Crippen molar-refractivity contribution in [1.82, 2.24) is 5.32 Å². The molecule has 1 aliphatic rings. The second-order valence-electron chi connectivity index (χ2n) is 7.77. The molecule has 7 heteroatoms. The molecule has 164 valence electrons. The van der Waals surface area contributed by atoms with Gasteiger partial charge in [0.15, 0.2) is 11.5 Å². The minimum atomic E-state index is -0.328. The molecular weight excluding hydrogens is 414 g/mol. The summed E-state index contributed by atoms with van der Waals surface area (Å²) in [6.45, 7) is 4.57. The van der Waals surface area contributed by atoms with Gasteiger partial charge in [0.05, 0.1) is 0 Å². The zero-order valence-electron chi connectivity index (χ0n) is 18.0. The highest BCUT2D eigenvalue weighted by atomic mass is 35.5. The molecule has 0 spiro atoms. The summed E-state index contributed by atoms with van der Waals surface area (Å²) in [5, 5.41) is 7.43. The minimum absolute atomic E-state index is 0.101. The molecule has 3 rings (SSSR count). The number of benzene rings is 2. The van der Waals surface area contributed by atoms with Gasteiger partial charge in [0, 0.05) is 22.7 Å². The average Bonchev–Trinajstić information content (AvgIpc) is 3.44. The van der Waals surface area contributed by atoms with Crippen molar-refractivity contribution in [1.29, 1.82) is 0 Å². The van der Waals surface area contributed by atoms with Crippen molar-refractivity contribution in [2.45, 2.75) is 32.1 Å². The Kier molecular flexibility index (Phi) is 7.36. The van der Waals surface area contributed by atoms with Gasteiger partial charge in [-0.1, -0.05) is 60.1 Å². The predicted octanol–water partition coefficient (Wildman–Crippen LogP) is 4.43. The quantitative estimate of drug-likeness (QED) is 0.342. The predicted molar refractivity (Wildman–Crippen MR) is 123 cm³/mol. The Bertz CT molecular complexity index is 988. The fraction of sp³-hybridized carbons (Fsp3) is 0.333. The first kappa shape index (κ1) is 22.8. The highest BCUT2D eigenvalue weighted by Gasteiger charge is 2.50. The fourth-order valence-electron chi connectivity index (χ4n) is 3.90. The molecule has 1 saturated carbocycles. The molecule has 2 aromatic rings. The van der Waals surface area contributed by atoms with Crippen LogP contribution in [0.3, 0.4) is 0 Å². The molecule has 1 fully saturated rings. The molecular formula is C24H28ClN3O3. The van der Waals surface area contributed by atoms with Crippen LogP contribution in [0, 0.1) is 5.92 Å². The van der Waals surface area contributed by atoms with Gasteiger partial charge < -0.3 is 15.0 Å². The lowest BCUT2D eigenvalue weighted by Gasteiger charge is -2.14. The monoisotopic (exact) mass is 441 g/mol. The molecule has 0 heterocycles. The SMILES string of the molecule is CCNC(=O)C(=NOC)c1ccccc1C(=CCC1CC1(C)c1ccc(Cl)cc1)ON. The van der Waals surface area contributed by atoms with Crippen molar-refractivity contribution in [3.63, 3.8) is 0 Å². The van der Waals surface area contributed by atoms with Gasteiger partial charge in [-0.15, -0.1) is 0 Å². The largest absolute Gasteiger partial charge is 0.411 e. The van der Waals surface area contributed by atoms with Crippen LogP contribution in [-0.4, -0.2) is 25.3 Å². The number of hydrogen-bond acceptors (Lipinski definition) is 5. The number of nitrogens with zero attached hydrogens (tertiary/aromatic N) is 1. The number of carbonyl (C=O) groups is 1. The van der Waals surface area contributed by atoms with Crippen LogP contribution in [-0.2, 0) is 19.9 Å². The van der Waals surface area contributed by atoms with Crippen LogP contribution in [0.2, 0.25) is 5.02 Å². The van der Waals surface area contributed by atoms with E-state index in [0.717, 1.165) is 17.9 Å². The van der Waals surface area contributed by atoms with E-state index in [4.69, 9.17) is 27.2 Å². The third-order valence-electron chi connectivity index (χ3n) is 5.81. The zero-order chi connectivity index (χ0) is 22.4. The van der Waals surface area contributed by atoms with Crippen LogP contribution in [0.15, 0.2) is 59.8 Å². The molecule has 0 radical (unpaired) electrons. The van der Waals surface area contributed by atoms with Gasteiger partial charge in [0.25, 0.3) is 5.91 Å². The van der Waals surface area contributed by atoms with Gasteiger partial charge in [0.2, 0.25) is 0 Å². The third-order valence-corrected chi connectivity index (χ3v) is 6.06. The van der Waals surface area contributed by atoms with Gasteiger partial charge >= 0.3 is 0 Å². The molecule has 2 aromatic carbocycles. The van der Waals surface area contributed by atoms with E-state index in [-0.39, 0.29) is 17.0 Å². The highest BCUT2D eigenvalue weighted by Crippen LogP contribution is 2.56. The topological polar surface area (TPSA) is 85.9 Å². The molecule has 0 aliphatic heterocycles. The van der Waals surface area contributed by atoms with E-state index in [1.165, 1.54) is 12.7 Å². The lowest BCUT2D eigenvalue weighted by molar-refractivity contribution is -0.114. The molecule has 0 aromatic heterocycles. The van der Waals surface area contributed by atoms with E-state index in [0.29, 0.717) is 29.3 Å². The maximum atomic E-state index is 12.5. The normalized spacial score (nSPS) is 20.9. The van der Waals surface area contributed by atoms with Crippen molar-refractivity contribution < 1.29 is 14.5 Å². The van der Waals surface area contributed by atoms with Crippen LogP contribution < -0.4 is 11.2 Å². The summed E-state index contributed by atoms with van der Waals surface area (Å²) in [6, 6.07) is 15.4. The van der Waals surface area contributed by atoms with Crippen LogP contribution in [0.1, 0.15) is 43.4 Å². The summed E-state index contributed by atoms with van der Waals surface area (Å²) in [6.07, 6.45) is 3.84. The first-order valence-corrected chi connectivity index (χ1v) is 10.6. The summed E-state index contributed by atoms with van der Waals surface area (Å²) >= 11 is 6.03. The Morgan fingerprint density at radius 3 is 2.55 bits per heavy atom. The number of amides is 1. The Morgan fingerprint density at radius 2 is 1.94 bits per heavy atom. The van der Waals surface area contributed by atoms with E-state index < -0.39 is 0 Å². The van der Waals surface area contributed by atoms with Crippen LogP contribution in [0.5, 0.6) is 0 Å². The summed E-state index contributed by atoms with van der Waals surface area (Å²) in [4.78, 5) is 22.7. The molecule has 31 heavy (non-hydrogen) atoms. The standard InChI is InChI=1S/C24H28ClN3O3/c1-4-27-23(29)22(28-30-3)20-8-6-5-7-19(20)21(31-26)14-11-17-15-24(17,2)16-9-12-18(25)13-10-16/h5-10,12-14,17H,4,11,15,26H2,1-3H3,(H,27,29). The second-order valence-corrected chi connectivity index (χ2v) is 8.21. The van der Waals surface area contributed by atoms with Crippen LogP contribution in [0.25, 0.3) is 5.76 Å². The Balaban J connectivity index is 1.85. The Hall–Kier alpha value is -2.83. The van der Waals surface area contributed by atoms with Crippen molar-refractivity contribution in [2.75, 3.05) is 13.7 Å². The van der Waals surface area contributed by atoms with Crippen molar-refractivity contribution in [2.24, 2.45) is 17.0 Å². The maximum absolute atomic E-state index is 12.5. The fourth-order valence-corrected chi connectivity index (χ4v) is 4.03. The molecule has 2 atom stereocenters. The molecule has 2 unspecified atom stereocenters. The van der Waals surface area contributed by atoms with Crippen molar-refractivity contribution >= 4 is 29.0 Å². The van der Waals surface area contributed by atoms with E-state index in [9.17, 15) is 4.79 Å².